The smallest absolute Gasteiger partial charge is 0.217 e. The van der Waals surface area contributed by atoms with Crippen molar-refractivity contribution in [3.63, 3.8) is 0 Å². The molecule has 0 aromatic carbocycles. The maximum Gasteiger partial charge on any atom is 0.217 e. The summed E-state index contributed by atoms with van der Waals surface area (Å²) in [6.07, 6.45) is 6.84. The summed E-state index contributed by atoms with van der Waals surface area (Å²) in [6, 6.07) is 0. The van der Waals surface area contributed by atoms with Gasteiger partial charge in [0.1, 0.15) is 0 Å². The number of carbonyl (C=O) groups is 1. The first-order chi connectivity index (χ1) is 11.2. The summed E-state index contributed by atoms with van der Waals surface area (Å²) in [5.74, 6) is 1.11. The summed E-state index contributed by atoms with van der Waals surface area (Å²) < 4.78 is 5.33. The zero-order valence-electron chi connectivity index (χ0n) is 14.6. The zero-order chi connectivity index (χ0) is 16.5. The van der Waals surface area contributed by atoms with Gasteiger partial charge in [-0.3, -0.25) is 9.79 Å². The van der Waals surface area contributed by atoms with Crippen molar-refractivity contribution in [2.45, 2.75) is 39.0 Å². The van der Waals surface area contributed by atoms with Gasteiger partial charge in [-0.1, -0.05) is 11.6 Å². The third kappa shape index (κ3) is 7.38. The van der Waals surface area contributed by atoms with Crippen molar-refractivity contribution >= 4 is 35.8 Å². The first kappa shape index (κ1) is 21.2. The van der Waals surface area contributed by atoms with Crippen molar-refractivity contribution in [3.05, 3.63) is 11.6 Å². The standard InChI is InChI=1S/C17H30N4O2.HI/c1-2-19-17(20-8-5-14-6-10-23-11-7-14)21-9-3-4-15(13-21)12-16(18)22;/h6,15H,2-5,7-13H2,1H3,(H2,18,22)(H,19,20);1H. The van der Waals surface area contributed by atoms with Gasteiger partial charge in [0.15, 0.2) is 5.96 Å². The topological polar surface area (TPSA) is 80.0 Å². The Morgan fingerprint density at radius 2 is 2.38 bits per heavy atom. The van der Waals surface area contributed by atoms with Gasteiger partial charge < -0.3 is 20.7 Å². The molecule has 0 spiro atoms. The molecule has 0 bridgehead atoms. The van der Waals surface area contributed by atoms with Gasteiger partial charge >= 0.3 is 0 Å². The van der Waals surface area contributed by atoms with E-state index in [0.717, 1.165) is 71.0 Å². The Labute approximate surface area is 162 Å². The average molecular weight is 450 g/mol. The molecule has 138 valence electrons. The van der Waals surface area contributed by atoms with Crippen LogP contribution in [0.1, 0.15) is 39.0 Å². The number of amides is 1. The van der Waals surface area contributed by atoms with Crippen LogP contribution in [0, 0.1) is 5.92 Å². The van der Waals surface area contributed by atoms with Gasteiger partial charge in [-0.2, -0.15) is 0 Å². The number of nitrogens with zero attached hydrogens (tertiary/aromatic N) is 2. The van der Waals surface area contributed by atoms with E-state index < -0.39 is 0 Å². The molecular weight excluding hydrogens is 419 g/mol. The molecule has 1 fully saturated rings. The van der Waals surface area contributed by atoms with E-state index in [9.17, 15) is 4.79 Å². The Morgan fingerprint density at radius 3 is 3.04 bits per heavy atom. The van der Waals surface area contributed by atoms with Gasteiger partial charge in [-0.15, -0.1) is 24.0 Å². The number of hydrogen-bond donors (Lipinski definition) is 2. The summed E-state index contributed by atoms with van der Waals surface area (Å²) in [4.78, 5) is 18.2. The number of piperidine rings is 1. The van der Waals surface area contributed by atoms with Crippen molar-refractivity contribution in [2.24, 2.45) is 16.6 Å². The predicted molar refractivity (Wildman–Crippen MR) is 108 cm³/mol. The molecule has 2 aliphatic rings. The number of likely N-dealkylation sites (tertiary alicyclic amines) is 1. The van der Waals surface area contributed by atoms with Gasteiger partial charge in [0.2, 0.25) is 5.91 Å². The predicted octanol–water partition coefficient (Wildman–Crippen LogP) is 1.89. The van der Waals surface area contributed by atoms with E-state index in [1.54, 1.807) is 0 Å². The van der Waals surface area contributed by atoms with Crippen LogP contribution in [-0.4, -0.2) is 56.2 Å². The Bertz CT molecular complexity index is 454. The van der Waals surface area contributed by atoms with E-state index in [4.69, 9.17) is 15.5 Å². The maximum atomic E-state index is 11.2. The molecule has 2 rings (SSSR count). The minimum atomic E-state index is -0.203. The highest BCUT2D eigenvalue weighted by atomic mass is 127. The monoisotopic (exact) mass is 450 g/mol. The van der Waals surface area contributed by atoms with Crippen LogP contribution in [-0.2, 0) is 9.53 Å². The highest BCUT2D eigenvalue weighted by Crippen LogP contribution is 2.19. The van der Waals surface area contributed by atoms with Crippen LogP contribution in [0.3, 0.4) is 0 Å². The Balaban J connectivity index is 0.00000288. The number of guanidine groups is 1. The van der Waals surface area contributed by atoms with Crippen molar-refractivity contribution in [1.29, 1.82) is 0 Å². The summed E-state index contributed by atoms with van der Waals surface area (Å²) in [7, 11) is 0. The molecule has 1 amide bonds. The fraction of sp³-hybridized carbons (Fsp3) is 0.765. The van der Waals surface area contributed by atoms with E-state index in [2.05, 4.69) is 23.2 Å². The minimum absolute atomic E-state index is 0. The fourth-order valence-corrected chi connectivity index (χ4v) is 3.23. The number of hydrogen-bond acceptors (Lipinski definition) is 3. The van der Waals surface area contributed by atoms with Crippen LogP contribution >= 0.6 is 24.0 Å². The number of nitrogens with two attached hydrogens (primary N) is 1. The lowest BCUT2D eigenvalue weighted by Gasteiger charge is -2.34. The van der Waals surface area contributed by atoms with Crippen LogP contribution in [0.4, 0.5) is 0 Å². The Hall–Kier alpha value is -0.830. The van der Waals surface area contributed by atoms with Gasteiger partial charge in [-0.05, 0) is 38.5 Å². The van der Waals surface area contributed by atoms with E-state index in [-0.39, 0.29) is 29.9 Å². The van der Waals surface area contributed by atoms with Crippen molar-refractivity contribution in [1.82, 2.24) is 10.2 Å². The molecule has 0 aliphatic carbocycles. The number of primary amides is 1. The number of nitrogens with one attached hydrogen (secondary N) is 1. The second kappa shape index (κ2) is 11.7. The highest BCUT2D eigenvalue weighted by Gasteiger charge is 2.23. The lowest BCUT2D eigenvalue weighted by Crippen LogP contribution is -2.47. The van der Waals surface area contributed by atoms with E-state index in [1.165, 1.54) is 5.57 Å². The lowest BCUT2D eigenvalue weighted by molar-refractivity contribution is -0.119. The van der Waals surface area contributed by atoms with Gasteiger partial charge in [0.25, 0.3) is 0 Å². The molecular formula is C17H31IN4O2. The van der Waals surface area contributed by atoms with Crippen LogP contribution in [0.2, 0.25) is 0 Å². The van der Waals surface area contributed by atoms with Crippen LogP contribution in [0.25, 0.3) is 0 Å². The molecule has 0 saturated carbocycles. The quantitative estimate of drug-likeness (QED) is 0.281. The molecule has 2 heterocycles. The Kier molecular flexibility index (Phi) is 10.3. The largest absolute Gasteiger partial charge is 0.377 e. The molecule has 3 N–H and O–H groups in total. The molecule has 0 aromatic rings. The second-order valence-corrected chi connectivity index (χ2v) is 6.30. The Morgan fingerprint density at radius 1 is 1.54 bits per heavy atom. The third-order valence-corrected chi connectivity index (χ3v) is 4.40. The summed E-state index contributed by atoms with van der Waals surface area (Å²) in [6.45, 7) is 7.17. The number of halogens is 1. The number of rotatable bonds is 6. The normalized spacial score (nSPS) is 21.7. The lowest BCUT2D eigenvalue weighted by atomic mass is 9.95. The highest BCUT2D eigenvalue weighted by molar-refractivity contribution is 14.0. The minimum Gasteiger partial charge on any atom is -0.377 e. The zero-order valence-corrected chi connectivity index (χ0v) is 17.0. The van der Waals surface area contributed by atoms with Gasteiger partial charge in [0, 0.05) is 32.6 Å². The first-order valence-electron chi connectivity index (χ1n) is 8.76. The molecule has 24 heavy (non-hydrogen) atoms. The fourth-order valence-electron chi connectivity index (χ4n) is 3.23. The van der Waals surface area contributed by atoms with Crippen LogP contribution in [0.5, 0.6) is 0 Å². The van der Waals surface area contributed by atoms with Crippen molar-refractivity contribution < 1.29 is 9.53 Å². The number of carbonyl (C=O) groups excluding carboxylic acids is 1. The van der Waals surface area contributed by atoms with Crippen molar-refractivity contribution in [3.8, 4) is 0 Å². The van der Waals surface area contributed by atoms with Gasteiger partial charge in [0.05, 0.1) is 13.2 Å². The summed E-state index contributed by atoms with van der Waals surface area (Å²) in [5.41, 5.74) is 6.79. The SMILES string of the molecule is CCNC(=NCCC1=CCOCC1)N1CCCC(CC(N)=O)C1.I. The molecule has 7 heteroatoms. The first-order valence-corrected chi connectivity index (χ1v) is 8.76. The molecule has 1 unspecified atom stereocenters. The molecule has 6 nitrogen and oxygen atoms in total. The molecule has 0 aromatic heterocycles. The molecule has 1 saturated heterocycles. The molecule has 2 aliphatic heterocycles. The van der Waals surface area contributed by atoms with Crippen LogP contribution in [0.15, 0.2) is 16.6 Å². The second-order valence-electron chi connectivity index (χ2n) is 6.30. The summed E-state index contributed by atoms with van der Waals surface area (Å²) >= 11 is 0. The van der Waals surface area contributed by atoms with Crippen molar-refractivity contribution in [2.75, 3.05) is 39.4 Å². The third-order valence-electron chi connectivity index (χ3n) is 4.40. The average Bonchev–Trinajstić information content (AvgIpc) is 2.55. The molecule has 1 atom stereocenters. The molecule has 0 radical (unpaired) electrons. The maximum absolute atomic E-state index is 11.2. The van der Waals surface area contributed by atoms with E-state index >= 15 is 0 Å². The number of ether oxygens (including phenoxy) is 1. The van der Waals surface area contributed by atoms with Gasteiger partial charge in [-0.25, -0.2) is 0 Å². The van der Waals surface area contributed by atoms with Crippen LogP contribution < -0.4 is 11.1 Å². The van der Waals surface area contributed by atoms with E-state index in [1.807, 2.05) is 0 Å². The number of aliphatic imine (C=N–C) groups is 1. The summed E-state index contributed by atoms with van der Waals surface area (Å²) in [5, 5.41) is 3.38. The van der Waals surface area contributed by atoms with E-state index in [0.29, 0.717) is 12.3 Å².